The highest BCUT2D eigenvalue weighted by Gasteiger charge is 2.34. The van der Waals surface area contributed by atoms with Crippen LogP contribution in [0.1, 0.15) is 24.1 Å². The number of allylic oxidation sites excluding steroid dienone is 1. The van der Waals surface area contributed by atoms with Crippen LogP contribution in [0.15, 0.2) is 99.8 Å². The molecule has 0 unspecified atom stereocenters. The van der Waals surface area contributed by atoms with Crippen molar-refractivity contribution in [1.29, 1.82) is 0 Å². The van der Waals surface area contributed by atoms with Crippen molar-refractivity contribution in [3.05, 3.63) is 106 Å². The standard InChI is InChI=1S/C27H24BrN5O2S/c1-17-23(25(34)30-21-11-13-22(35-2)14-12-21)24(19-9-6-10-20(28)15-19)33-26(29-17)31-27(32-33)36-16-18-7-4-3-5-8-18/h3-15,24H,16H2,1-2H3,(H,30,34)(H,29,31,32)/t24-/m1/s1. The van der Waals surface area contributed by atoms with E-state index in [9.17, 15) is 4.79 Å². The summed E-state index contributed by atoms with van der Waals surface area (Å²) in [6, 6.07) is 24.9. The zero-order valence-electron chi connectivity index (χ0n) is 19.7. The highest BCUT2D eigenvalue weighted by Crippen LogP contribution is 2.37. The van der Waals surface area contributed by atoms with Crippen LogP contribution in [0.4, 0.5) is 11.6 Å². The molecule has 1 aliphatic heterocycles. The molecule has 1 aromatic heterocycles. The maximum atomic E-state index is 13.6. The highest BCUT2D eigenvalue weighted by atomic mass is 79.9. The van der Waals surface area contributed by atoms with Crippen molar-refractivity contribution in [2.75, 3.05) is 17.7 Å². The lowest BCUT2D eigenvalue weighted by molar-refractivity contribution is -0.113. The minimum absolute atomic E-state index is 0.213. The second-order valence-corrected chi connectivity index (χ2v) is 10.1. The number of halogens is 1. The van der Waals surface area contributed by atoms with Crippen molar-refractivity contribution >= 4 is 45.2 Å². The van der Waals surface area contributed by atoms with Crippen molar-refractivity contribution in [3.8, 4) is 5.75 Å². The third-order valence-electron chi connectivity index (χ3n) is 5.80. The Morgan fingerprint density at radius 3 is 2.61 bits per heavy atom. The van der Waals surface area contributed by atoms with Crippen LogP contribution in [0.2, 0.25) is 0 Å². The van der Waals surface area contributed by atoms with Gasteiger partial charge >= 0.3 is 0 Å². The fourth-order valence-electron chi connectivity index (χ4n) is 4.07. The van der Waals surface area contributed by atoms with Gasteiger partial charge < -0.3 is 15.4 Å². The second-order valence-electron chi connectivity index (χ2n) is 8.24. The summed E-state index contributed by atoms with van der Waals surface area (Å²) in [6.07, 6.45) is 0. The Morgan fingerprint density at radius 1 is 1.11 bits per heavy atom. The Bertz CT molecular complexity index is 1420. The molecule has 0 radical (unpaired) electrons. The largest absolute Gasteiger partial charge is 0.497 e. The van der Waals surface area contributed by atoms with Crippen molar-refractivity contribution in [2.24, 2.45) is 0 Å². The van der Waals surface area contributed by atoms with Crippen molar-refractivity contribution in [1.82, 2.24) is 14.8 Å². The van der Waals surface area contributed by atoms with E-state index in [1.807, 2.05) is 73.7 Å². The number of amides is 1. The number of carbonyl (C=O) groups is 1. The van der Waals surface area contributed by atoms with E-state index in [4.69, 9.17) is 14.8 Å². The van der Waals surface area contributed by atoms with E-state index in [1.165, 1.54) is 5.56 Å². The summed E-state index contributed by atoms with van der Waals surface area (Å²) in [4.78, 5) is 18.3. The maximum Gasteiger partial charge on any atom is 0.255 e. The Labute approximate surface area is 222 Å². The Balaban J connectivity index is 1.48. The first-order chi connectivity index (χ1) is 17.5. The average Bonchev–Trinajstić information content (AvgIpc) is 3.30. The number of nitrogens with zero attached hydrogens (tertiary/aromatic N) is 3. The molecule has 1 atom stereocenters. The Hall–Kier alpha value is -3.56. The molecule has 36 heavy (non-hydrogen) atoms. The molecule has 1 aliphatic rings. The molecular formula is C27H24BrN5O2S. The number of carbonyl (C=O) groups excluding carboxylic acids is 1. The lowest BCUT2D eigenvalue weighted by Gasteiger charge is -2.28. The van der Waals surface area contributed by atoms with E-state index in [-0.39, 0.29) is 5.91 Å². The molecule has 1 amide bonds. The zero-order chi connectivity index (χ0) is 25.1. The van der Waals surface area contributed by atoms with Crippen LogP contribution < -0.4 is 15.4 Å². The van der Waals surface area contributed by atoms with Crippen LogP contribution in [-0.4, -0.2) is 27.8 Å². The quantitative estimate of drug-likeness (QED) is 0.259. The highest BCUT2D eigenvalue weighted by molar-refractivity contribution is 9.10. The van der Waals surface area contributed by atoms with Crippen molar-refractivity contribution in [2.45, 2.75) is 23.9 Å². The van der Waals surface area contributed by atoms with Gasteiger partial charge in [-0.2, -0.15) is 4.98 Å². The first-order valence-corrected chi connectivity index (χ1v) is 13.1. The SMILES string of the molecule is COc1ccc(NC(=O)C2=C(C)Nc3nc(SCc4ccccc4)nn3[C@@H]2c2cccc(Br)c2)cc1. The van der Waals surface area contributed by atoms with Gasteiger partial charge in [-0.3, -0.25) is 4.79 Å². The minimum Gasteiger partial charge on any atom is -0.497 e. The summed E-state index contributed by atoms with van der Waals surface area (Å²) < 4.78 is 7.95. The van der Waals surface area contributed by atoms with Gasteiger partial charge in [0, 0.05) is 21.6 Å². The number of benzene rings is 3. The van der Waals surface area contributed by atoms with Gasteiger partial charge in [-0.25, -0.2) is 4.68 Å². The lowest BCUT2D eigenvalue weighted by Crippen LogP contribution is -2.31. The summed E-state index contributed by atoms with van der Waals surface area (Å²) >= 11 is 5.13. The predicted octanol–water partition coefficient (Wildman–Crippen LogP) is 6.27. The van der Waals surface area contributed by atoms with Crippen molar-refractivity contribution in [3.63, 3.8) is 0 Å². The molecular weight excluding hydrogens is 538 g/mol. The number of methoxy groups -OCH3 is 1. The molecule has 9 heteroatoms. The van der Waals surface area contributed by atoms with Gasteiger partial charge in [-0.05, 0) is 54.4 Å². The normalized spacial score (nSPS) is 14.7. The average molecular weight is 562 g/mol. The van der Waals surface area contributed by atoms with Crippen LogP contribution >= 0.6 is 27.7 Å². The van der Waals surface area contributed by atoms with Crippen LogP contribution in [0.3, 0.4) is 0 Å². The van der Waals surface area contributed by atoms with E-state index in [1.54, 1.807) is 23.6 Å². The maximum absolute atomic E-state index is 13.6. The smallest absolute Gasteiger partial charge is 0.255 e. The van der Waals surface area contributed by atoms with Gasteiger partial charge in [-0.1, -0.05) is 70.2 Å². The molecule has 2 N–H and O–H groups in total. The molecule has 4 aromatic rings. The lowest BCUT2D eigenvalue weighted by atomic mass is 9.95. The summed E-state index contributed by atoms with van der Waals surface area (Å²) in [6.45, 7) is 1.89. The molecule has 3 aromatic carbocycles. The number of ether oxygens (including phenoxy) is 1. The molecule has 182 valence electrons. The molecule has 2 heterocycles. The van der Waals surface area contributed by atoms with Gasteiger partial charge in [0.15, 0.2) is 0 Å². The molecule has 0 saturated carbocycles. The predicted molar refractivity (Wildman–Crippen MR) is 146 cm³/mol. The molecule has 5 rings (SSSR count). The van der Waals surface area contributed by atoms with E-state index >= 15 is 0 Å². The van der Waals surface area contributed by atoms with Gasteiger partial charge in [-0.15, -0.1) is 5.10 Å². The Morgan fingerprint density at radius 2 is 1.89 bits per heavy atom. The van der Waals surface area contributed by atoms with Gasteiger partial charge in [0.1, 0.15) is 11.8 Å². The van der Waals surface area contributed by atoms with Crippen LogP contribution in [0.5, 0.6) is 5.75 Å². The molecule has 0 spiro atoms. The monoisotopic (exact) mass is 561 g/mol. The molecule has 7 nitrogen and oxygen atoms in total. The van der Waals surface area contributed by atoms with Gasteiger partial charge in [0.25, 0.3) is 5.91 Å². The van der Waals surface area contributed by atoms with E-state index < -0.39 is 6.04 Å². The number of rotatable bonds is 7. The first kappa shape index (κ1) is 24.1. The number of thioether (sulfide) groups is 1. The Kier molecular flexibility index (Phi) is 7.11. The number of anilines is 2. The summed E-state index contributed by atoms with van der Waals surface area (Å²) in [5, 5.41) is 11.8. The third-order valence-corrected chi connectivity index (χ3v) is 7.20. The van der Waals surface area contributed by atoms with Crippen LogP contribution in [0.25, 0.3) is 0 Å². The van der Waals surface area contributed by atoms with Crippen molar-refractivity contribution < 1.29 is 9.53 Å². The van der Waals surface area contributed by atoms with Crippen LogP contribution in [-0.2, 0) is 10.5 Å². The number of hydrogen-bond donors (Lipinski definition) is 2. The van der Waals surface area contributed by atoms with Gasteiger partial charge in [0.05, 0.1) is 12.7 Å². The number of hydrogen-bond acceptors (Lipinski definition) is 6. The molecule has 0 saturated heterocycles. The first-order valence-electron chi connectivity index (χ1n) is 11.3. The molecule has 0 fully saturated rings. The number of fused-ring (bicyclic) bond motifs is 1. The van der Waals surface area contributed by atoms with Gasteiger partial charge in [0.2, 0.25) is 11.1 Å². The van der Waals surface area contributed by atoms with E-state index in [2.05, 4.69) is 38.7 Å². The number of aromatic nitrogens is 3. The molecule has 0 aliphatic carbocycles. The van der Waals surface area contributed by atoms with E-state index in [0.29, 0.717) is 22.4 Å². The third kappa shape index (κ3) is 5.17. The fourth-order valence-corrected chi connectivity index (χ4v) is 5.27. The number of nitrogens with one attached hydrogen (secondary N) is 2. The summed E-state index contributed by atoms with van der Waals surface area (Å²) in [7, 11) is 1.61. The molecule has 0 bridgehead atoms. The van der Waals surface area contributed by atoms with E-state index in [0.717, 1.165) is 27.2 Å². The summed E-state index contributed by atoms with van der Waals surface area (Å²) in [5.74, 6) is 1.87. The fraction of sp³-hybridized carbons (Fsp3) is 0.148. The topological polar surface area (TPSA) is 81.1 Å². The second kappa shape index (κ2) is 10.6. The van der Waals surface area contributed by atoms with Crippen LogP contribution in [0, 0.1) is 0 Å². The summed E-state index contributed by atoms with van der Waals surface area (Å²) in [5.41, 5.74) is 4.10. The zero-order valence-corrected chi connectivity index (χ0v) is 22.1. The minimum atomic E-state index is -0.449.